The Balaban J connectivity index is 1.63. The molecule has 2 aliphatic rings. The molecule has 1 aliphatic carbocycles. The smallest absolute Gasteiger partial charge is 0.261 e. The summed E-state index contributed by atoms with van der Waals surface area (Å²) >= 11 is 0. The van der Waals surface area contributed by atoms with Crippen LogP contribution in [-0.2, 0) is 21.2 Å². The number of nitrogens with one attached hydrogen (secondary N) is 1. The molecule has 0 radical (unpaired) electrons. The Morgan fingerprint density at radius 3 is 2.54 bits per heavy atom. The third-order valence-electron chi connectivity index (χ3n) is 7.05. The molecule has 8 nitrogen and oxygen atoms in total. The Morgan fingerprint density at radius 2 is 1.89 bits per heavy atom. The number of halogens is 1. The van der Waals surface area contributed by atoms with Crippen molar-refractivity contribution in [3.8, 4) is 5.75 Å². The van der Waals surface area contributed by atoms with E-state index in [0.717, 1.165) is 24.6 Å². The maximum Gasteiger partial charge on any atom is 0.261 e. The van der Waals surface area contributed by atoms with Gasteiger partial charge in [-0.2, -0.15) is 0 Å². The first-order chi connectivity index (χ1) is 17.6. The van der Waals surface area contributed by atoms with E-state index in [0.29, 0.717) is 24.4 Å². The summed E-state index contributed by atoms with van der Waals surface area (Å²) in [5.41, 5.74) is 0.833. The SMILES string of the molecule is C[C@@H]1CN([C@@H](C)CO)C(=O)Cc2cc(NS(=O)(=O)c3ccc(F)cc3)ccc2O[C@@H]1CN(C)CC1CC1. The first-order valence-corrected chi connectivity index (χ1v) is 14.2. The maximum absolute atomic E-state index is 13.3. The summed E-state index contributed by atoms with van der Waals surface area (Å²) < 4.78 is 48.0. The lowest BCUT2D eigenvalue weighted by atomic mass is 10.0. The third-order valence-corrected chi connectivity index (χ3v) is 8.45. The summed E-state index contributed by atoms with van der Waals surface area (Å²) in [5.74, 6) is 0.576. The Hall–Kier alpha value is -2.69. The fourth-order valence-electron chi connectivity index (χ4n) is 4.66. The number of likely N-dealkylation sites (N-methyl/N-ethyl adjacent to an activating group) is 1. The van der Waals surface area contributed by atoms with Gasteiger partial charge in [-0.3, -0.25) is 9.52 Å². The Morgan fingerprint density at radius 1 is 1.19 bits per heavy atom. The number of anilines is 1. The summed E-state index contributed by atoms with van der Waals surface area (Å²) in [4.78, 5) is 17.2. The molecule has 37 heavy (non-hydrogen) atoms. The van der Waals surface area contributed by atoms with Crippen LogP contribution >= 0.6 is 0 Å². The van der Waals surface area contributed by atoms with E-state index in [1.807, 2.05) is 6.92 Å². The van der Waals surface area contributed by atoms with Crippen LogP contribution in [0.4, 0.5) is 10.1 Å². The molecule has 202 valence electrons. The largest absolute Gasteiger partial charge is 0.488 e. The lowest BCUT2D eigenvalue weighted by Crippen LogP contribution is -2.47. The van der Waals surface area contributed by atoms with E-state index in [9.17, 15) is 22.7 Å². The van der Waals surface area contributed by atoms with Crippen molar-refractivity contribution in [1.29, 1.82) is 0 Å². The van der Waals surface area contributed by atoms with E-state index in [1.165, 1.54) is 25.0 Å². The predicted molar refractivity (Wildman–Crippen MR) is 139 cm³/mol. The molecule has 0 bridgehead atoms. The van der Waals surface area contributed by atoms with E-state index < -0.39 is 15.8 Å². The summed E-state index contributed by atoms with van der Waals surface area (Å²) in [7, 11) is -1.88. The second-order valence-electron chi connectivity index (χ2n) is 10.4. The number of sulfonamides is 1. The van der Waals surface area contributed by atoms with E-state index in [2.05, 4.69) is 23.6 Å². The minimum absolute atomic E-state index is 0.00204. The molecule has 1 fully saturated rings. The van der Waals surface area contributed by atoms with Crippen LogP contribution in [0.1, 0.15) is 32.3 Å². The lowest BCUT2D eigenvalue weighted by molar-refractivity contribution is -0.134. The molecule has 2 aromatic carbocycles. The van der Waals surface area contributed by atoms with Crippen LogP contribution in [0.2, 0.25) is 0 Å². The van der Waals surface area contributed by atoms with Gasteiger partial charge in [-0.15, -0.1) is 0 Å². The molecule has 0 saturated heterocycles. The van der Waals surface area contributed by atoms with Crippen LogP contribution in [-0.4, -0.2) is 74.7 Å². The minimum atomic E-state index is -3.96. The molecule has 3 atom stereocenters. The van der Waals surface area contributed by atoms with Crippen LogP contribution in [0, 0.1) is 17.7 Å². The zero-order chi connectivity index (χ0) is 26.7. The average Bonchev–Trinajstić information content (AvgIpc) is 3.65. The van der Waals surface area contributed by atoms with Crippen molar-refractivity contribution >= 4 is 21.6 Å². The lowest BCUT2D eigenvalue weighted by Gasteiger charge is -2.34. The molecule has 1 amide bonds. The molecule has 1 aliphatic heterocycles. The number of amides is 1. The van der Waals surface area contributed by atoms with Gasteiger partial charge in [-0.1, -0.05) is 6.92 Å². The van der Waals surface area contributed by atoms with Crippen LogP contribution in [0.5, 0.6) is 5.75 Å². The monoisotopic (exact) mass is 533 g/mol. The molecule has 10 heteroatoms. The van der Waals surface area contributed by atoms with Crippen molar-refractivity contribution in [3.63, 3.8) is 0 Å². The highest BCUT2D eigenvalue weighted by molar-refractivity contribution is 7.92. The summed E-state index contributed by atoms with van der Waals surface area (Å²) in [6, 6.07) is 9.11. The average molecular weight is 534 g/mol. The number of fused-ring (bicyclic) bond motifs is 1. The van der Waals surface area contributed by atoms with E-state index in [1.54, 1.807) is 23.1 Å². The van der Waals surface area contributed by atoms with Gasteiger partial charge in [0.1, 0.15) is 17.7 Å². The molecule has 0 aromatic heterocycles. The van der Waals surface area contributed by atoms with Gasteiger partial charge in [0.05, 0.1) is 24.0 Å². The van der Waals surface area contributed by atoms with Crippen molar-refractivity contribution in [3.05, 3.63) is 53.8 Å². The van der Waals surface area contributed by atoms with Crippen LogP contribution in [0.15, 0.2) is 47.4 Å². The van der Waals surface area contributed by atoms with E-state index >= 15 is 0 Å². The van der Waals surface area contributed by atoms with E-state index in [4.69, 9.17) is 4.74 Å². The van der Waals surface area contributed by atoms with Gasteiger partial charge in [0, 0.05) is 36.8 Å². The van der Waals surface area contributed by atoms with Gasteiger partial charge in [0.15, 0.2) is 0 Å². The number of rotatable bonds is 9. The molecule has 2 N–H and O–H groups in total. The van der Waals surface area contributed by atoms with Gasteiger partial charge < -0.3 is 19.6 Å². The quantitative estimate of drug-likeness (QED) is 0.514. The summed E-state index contributed by atoms with van der Waals surface area (Å²) in [6.07, 6.45) is 2.30. The maximum atomic E-state index is 13.3. The first-order valence-electron chi connectivity index (χ1n) is 12.7. The normalized spacial score (nSPS) is 21.5. The Labute approximate surface area is 218 Å². The predicted octanol–water partition coefficient (Wildman–Crippen LogP) is 3.12. The third kappa shape index (κ3) is 7.00. The fourth-order valence-corrected chi connectivity index (χ4v) is 5.71. The highest BCUT2D eigenvalue weighted by atomic mass is 32.2. The Kier molecular flexibility index (Phi) is 8.40. The molecule has 4 rings (SSSR count). The number of hydrogen-bond donors (Lipinski definition) is 2. The standard InChI is InChI=1S/C27H36FN3O5S/c1-18-14-31(19(2)17-32)27(33)13-21-12-23(29-37(34,35)24-9-6-22(28)7-10-24)8-11-25(21)36-26(18)16-30(3)15-20-4-5-20/h6-12,18-20,26,29,32H,4-5,13-17H2,1-3H3/t18-,19+,26-/m1/s1. The van der Waals surface area contributed by atoms with Crippen LogP contribution in [0.25, 0.3) is 0 Å². The molecule has 0 unspecified atom stereocenters. The highest BCUT2D eigenvalue weighted by Crippen LogP contribution is 2.32. The second-order valence-corrected chi connectivity index (χ2v) is 12.1. The fraction of sp³-hybridized carbons (Fsp3) is 0.519. The molecule has 2 aromatic rings. The number of aliphatic hydroxyl groups excluding tert-OH is 1. The van der Waals surface area contributed by atoms with Gasteiger partial charge in [-0.05, 0) is 75.2 Å². The number of aliphatic hydroxyl groups is 1. The first kappa shape index (κ1) is 27.3. The molecular weight excluding hydrogens is 497 g/mol. The zero-order valence-electron chi connectivity index (χ0n) is 21.6. The number of carbonyl (C=O) groups excluding carboxylic acids is 1. The minimum Gasteiger partial charge on any atom is -0.488 e. The van der Waals surface area contributed by atoms with Crippen LogP contribution < -0.4 is 9.46 Å². The van der Waals surface area contributed by atoms with E-state index in [-0.39, 0.29) is 47.6 Å². The molecule has 1 saturated carbocycles. The number of benzene rings is 2. The summed E-state index contributed by atoms with van der Waals surface area (Å²) in [5, 5.41) is 9.80. The van der Waals surface area contributed by atoms with Crippen molar-refractivity contribution < 1.29 is 27.4 Å². The molecule has 0 spiro atoms. The second kappa shape index (κ2) is 11.4. The number of nitrogens with zero attached hydrogens (tertiary/aromatic N) is 2. The van der Waals surface area contributed by atoms with Gasteiger partial charge in [0.25, 0.3) is 10.0 Å². The highest BCUT2D eigenvalue weighted by Gasteiger charge is 2.32. The van der Waals surface area contributed by atoms with Gasteiger partial charge >= 0.3 is 0 Å². The van der Waals surface area contributed by atoms with Crippen molar-refractivity contribution in [2.45, 2.75) is 50.2 Å². The number of hydrogen-bond acceptors (Lipinski definition) is 6. The summed E-state index contributed by atoms with van der Waals surface area (Å²) in [6.45, 7) is 5.84. The number of ether oxygens (including phenoxy) is 1. The van der Waals surface area contributed by atoms with Gasteiger partial charge in [-0.25, -0.2) is 12.8 Å². The van der Waals surface area contributed by atoms with Gasteiger partial charge in [0.2, 0.25) is 5.91 Å². The van der Waals surface area contributed by atoms with Crippen molar-refractivity contribution in [1.82, 2.24) is 9.80 Å². The topological polar surface area (TPSA) is 99.2 Å². The molecular formula is C27H36FN3O5S. The molecule has 1 heterocycles. The van der Waals surface area contributed by atoms with Crippen molar-refractivity contribution in [2.24, 2.45) is 11.8 Å². The van der Waals surface area contributed by atoms with Crippen LogP contribution in [0.3, 0.4) is 0 Å². The number of carbonyl (C=O) groups is 1. The Bertz CT molecular complexity index is 1200. The zero-order valence-corrected chi connectivity index (χ0v) is 22.4. The van der Waals surface area contributed by atoms with Crippen molar-refractivity contribution in [2.75, 3.05) is 38.0 Å².